The smallest absolute Gasteiger partial charge is 0.161 e. The van der Waals surface area contributed by atoms with Gasteiger partial charge in [0.25, 0.3) is 0 Å². The highest BCUT2D eigenvalue weighted by Crippen LogP contribution is 2.30. The Morgan fingerprint density at radius 2 is 1.81 bits per heavy atom. The minimum atomic E-state index is -0.239. The third-order valence-corrected chi connectivity index (χ3v) is 2.56. The zero-order valence-electron chi connectivity index (χ0n) is 9.99. The van der Waals surface area contributed by atoms with E-state index in [1.165, 1.54) is 0 Å². The van der Waals surface area contributed by atoms with Gasteiger partial charge in [0.05, 0.1) is 20.8 Å². The molecule has 1 aromatic rings. The molecule has 0 amide bonds. The molecular formula is C12H19NO3. The van der Waals surface area contributed by atoms with E-state index in [2.05, 4.69) is 0 Å². The van der Waals surface area contributed by atoms with Gasteiger partial charge in [-0.25, -0.2) is 0 Å². The van der Waals surface area contributed by atoms with Crippen LogP contribution in [0.4, 0.5) is 0 Å². The van der Waals surface area contributed by atoms with Crippen molar-refractivity contribution in [1.29, 1.82) is 0 Å². The lowest BCUT2D eigenvalue weighted by molar-refractivity contribution is 0.265. The summed E-state index contributed by atoms with van der Waals surface area (Å²) in [7, 11) is 3.21. The van der Waals surface area contributed by atoms with Crippen molar-refractivity contribution in [3.63, 3.8) is 0 Å². The molecule has 0 aliphatic heterocycles. The molecule has 0 saturated carbocycles. The molecule has 90 valence electrons. The van der Waals surface area contributed by atoms with Crippen LogP contribution in [0.2, 0.25) is 0 Å². The van der Waals surface area contributed by atoms with Gasteiger partial charge in [0.2, 0.25) is 0 Å². The summed E-state index contributed by atoms with van der Waals surface area (Å²) in [6, 6.07) is 3.58. The van der Waals surface area contributed by atoms with Gasteiger partial charge in [0, 0.05) is 6.04 Å². The summed E-state index contributed by atoms with van der Waals surface area (Å²) < 4.78 is 10.4. The van der Waals surface area contributed by atoms with E-state index in [9.17, 15) is 0 Å². The first kappa shape index (κ1) is 12.8. The normalized spacial score (nSPS) is 12.3. The van der Waals surface area contributed by atoms with Crippen LogP contribution in [0.5, 0.6) is 11.5 Å². The van der Waals surface area contributed by atoms with Crippen LogP contribution in [0.1, 0.15) is 11.1 Å². The van der Waals surface area contributed by atoms with Crippen LogP contribution in [0, 0.1) is 6.92 Å². The fourth-order valence-corrected chi connectivity index (χ4v) is 1.59. The highest BCUT2D eigenvalue weighted by atomic mass is 16.5. The molecule has 3 N–H and O–H groups in total. The number of ether oxygens (including phenoxy) is 2. The van der Waals surface area contributed by atoms with Gasteiger partial charge in [-0.2, -0.15) is 0 Å². The maximum atomic E-state index is 8.93. The van der Waals surface area contributed by atoms with Crippen molar-refractivity contribution in [2.75, 3.05) is 20.8 Å². The minimum absolute atomic E-state index is 0.0201. The molecule has 1 atom stereocenters. The van der Waals surface area contributed by atoms with E-state index in [1.54, 1.807) is 14.2 Å². The van der Waals surface area contributed by atoms with Gasteiger partial charge in [-0.15, -0.1) is 0 Å². The zero-order chi connectivity index (χ0) is 12.1. The van der Waals surface area contributed by atoms with E-state index < -0.39 is 0 Å². The topological polar surface area (TPSA) is 64.7 Å². The van der Waals surface area contributed by atoms with E-state index in [4.69, 9.17) is 20.3 Å². The second kappa shape index (κ2) is 5.72. The van der Waals surface area contributed by atoms with Gasteiger partial charge in [-0.3, -0.25) is 0 Å². The molecule has 16 heavy (non-hydrogen) atoms. The Labute approximate surface area is 96.0 Å². The molecule has 1 aromatic carbocycles. The number of hydrogen-bond donors (Lipinski definition) is 2. The van der Waals surface area contributed by atoms with E-state index in [1.807, 2.05) is 19.1 Å². The van der Waals surface area contributed by atoms with Crippen LogP contribution in [-0.2, 0) is 6.42 Å². The Balaban J connectivity index is 3.01. The Morgan fingerprint density at radius 3 is 2.31 bits per heavy atom. The molecule has 0 saturated heterocycles. The van der Waals surface area contributed by atoms with Gasteiger partial charge < -0.3 is 20.3 Å². The summed E-state index contributed by atoms with van der Waals surface area (Å²) in [6.07, 6.45) is 0.628. The number of hydrogen-bond acceptors (Lipinski definition) is 4. The zero-order valence-corrected chi connectivity index (χ0v) is 9.99. The minimum Gasteiger partial charge on any atom is -0.493 e. The van der Waals surface area contributed by atoms with Crippen LogP contribution < -0.4 is 15.2 Å². The SMILES string of the molecule is COc1cc(C)c(CC(N)CO)cc1OC. The van der Waals surface area contributed by atoms with Crippen molar-refractivity contribution < 1.29 is 14.6 Å². The first-order chi connectivity index (χ1) is 7.62. The number of aryl methyl sites for hydroxylation is 1. The van der Waals surface area contributed by atoms with Crippen molar-refractivity contribution in [1.82, 2.24) is 0 Å². The number of nitrogens with two attached hydrogens (primary N) is 1. The maximum absolute atomic E-state index is 8.93. The molecule has 0 aliphatic rings. The molecule has 1 unspecified atom stereocenters. The number of benzene rings is 1. The van der Waals surface area contributed by atoms with Gasteiger partial charge in [-0.1, -0.05) is 0 Å². The molecule has 0 spiro atoms. The van der Waals surface area contributed by atoms with Crippen molar-refractivity contribution in [3.05, 3.63) is 23.3 Å². The number of methoxy groups -OCH3 is 2. The van der Waals surface area contributed by atoms with Crippen LogP contribution in [-0.4, -0.2) is 32.0 Å². The largest absolute Gasteiger partial charge is 0.493 e. The van der Waals surface area contributed by atoms with Gasteiger partial charge in [0.15, 0.2) is 11.5 Å². The average molecular weight is 225 g/mol. The molecule has 4 heteroatoms. The molecule has 4 nitrogen and oxygen atoms in total. The van der Waals surface area contributed by atoms with Crippen LogP contribution in [0.3, 0.4) is 0 Å². The fourth-order valence-electron chi connectivity index (χ4n) is 1.59. The van der Waals surface area contributed by atoms with Gasteiger partial charge >= 0.3 is 0 Å². The van der Waals surface area contributed by atoms with E-state index in [0.717, 1.165) is 11.1 Å². The molecule has 1 rings (SSSR count). The van der Waals surface area contributed by atoms with Crippen LogP contribution >= 0.6 is 0 Å². The second-order valence-corrected chi connectivity index (χ2v) is 3.78. The quantitative estimate of drug-likeness (QED) is 0.780. The lowest BCUT2D eigenvalue weighted by atomic mass is 10.0. The number of aliphatic hydroxyl groups excluding tert-OH is 1. The third-order valence-electron chi connectivity index (χ3n) is 2.56. The predicted octanol–water partition coefficient (Wildman–Crippen LogP) is 0.874. The summed E-state index contributed by atoms with van der Waals surface area (Å²) in [6.45, 7) is 1.97. The van der Waals surface area contributed by atoms with Crippen molar-refractivity contribution >= 4 is 0 Å². The highest BCUT2D eigenvalue weighted by Gasteiger charge is 2.10. The summed E-state index contributed by atoms with van der Waals surface area (Å²) in [5.74, 6) is 1.40. The van der Waals surface area contributed by atoms with Crippen LogP contribution in [0.15, 0.2) is 12.1 Å². The molecule has 0 aromatic heterocycles. The molecular weight excluding hydrogens is 206 g/mol. The molecule has 0 fully saturated rings. The summed E-state index contributed by atoms with van der Waals surface area (Å²) in [4.78, 5) is 0. The number of rotatable bonds is 5. The Hall–Kier alpha value is -1.26. The first-order valence-corrected chi connectivity index (χ1v) is 5.20. The standard InChI is InChI=1S/C12H19NO3/c1-8-4-11(15-2)12(16-3)6-9(8)5-10(13)7-14/h4,6,10,14H,5,7,13H2,1-3H3. The van der Waals surface area contributed by atoms with E-state index in [-0.39, 0.29) is 12.6 Å². The number of aliphatic hydroxyl groups is 1. The van der Waals surface area contributed by atoms with E-state index in [0.29, 0.717) is 17.9 Å². The molecule has 0 bridgehead atoms. The first-order valence-electron chi connectivity index (χ1n) is 5.20. The summed E-state index contributed by atoms with van der Waals surface area (Å²) in [5, 5.41) is 8.93. The lowest BCUT2D eigenvalue weighted by Gasteiger charge is -2.14. The fraction of sp³-hybridized carbons (Fsp3) is 0.500. The predicted molar refractivity (Wildman–Crippen MR) is 63.0 cm³/mol. The third kappa shape index (κ3) is 2.87. The highest BCUT2D eigenvalue weighted by molar-refractivity contribution is 5.47. The maximum Gasteiger partial charge on any atom is 0.161 e. The lowest BCUT2D eigenvalue weighted by Crippen LogP contribution is -2.27. The van der Waals surface area contributed by atoms with Crippen LogP contribution in [0.25, 0.3) is 0 Å². The van der Waals surface area contributed by atoms with Gasteiger partial charge in [0.1, 0.15) is 0 Å². The average Bonchev–Trinajstić information content (AvgIpc) is 2.30. The summed E-state index contributed by atoms with van der Waals surface area (Å²) in [5.41, 5.74) is 7.87. The Morgan fingerprint density at radius 1 is 1.25 bits per heavy atom. The monoisotopic (exact) mass is 225 g/mol. The van der Waals surface area contributed by atoms with E-state index >= 15 is 0 Å². The van der Waals surface area contributed by atoms with Gasteiger partial charge in [-0.05, 0) is 36.6 Å². The summed E-state index contributed by atoms with van der Waals surface area (Å²) >= 11 is 0. The Bertz CT molecular complexity index is 352. The van der Waals surface area contributed by atoms with Crippen molar-refractivity contribution in [3.8, 4) is 11.5 Å². The Kier molecular flexibility index (Phi) is 4.58. The second-order valence-electron chi connectivity index (χ2n) is 3.78. The molecule has 0 aliphatic carbocycles. The van der Waals surface area contributed by atoms with Crippen molar-refractivity contribution in [2.24, 2.45) is 5.73 Å². The molecule has 0 radical (unpaired) electrons. The molecule has 0 heterocycles. The van der Waals surface area contributed by atoms with Crippen molar-refractivity contribution in [2.45, 2.75) is 19.4 Å².